The van der Waals surface area contributed by atoms with Gasteiger partial charge in [0.05, 0.1) is 18.1 Å². The van der Waals surface area contributed by atoms with E-state index < -0.39 is 0 Å². The summed E-state index contributed by atoms with van der Waals surface area (Å²) >= 11 is 0. The van der Waals surface area contributed by atoms with E-state index in [-0.39, 0.29) is 0 Å². The maximum Gasteiger partial charge on any atom is 0.0947 e. The van der Waals surface area contributed by atoms with Crippen molar-refractivity contribution in [2.24, 2.45) is 7.05 Å². The van der Waals surface area contributed by atoms with Crippen molar-refractivity contribution in [1.29, 1.82) is 0 Å². The predicted octanol–water partition coefficient (Wildman–Crippen LogP) is 3.43. The molecule has 0 spiro atoms. The Hall–Kier alpha value is -0.830. The monoisotopic (exact) mass is 237 g/mol. The lowest BCUT2D eigenvalue weighted by atomic mass is 10.0. The number of nitrogens with zero attached hydrogens (tertiary/aromatic N) is 2. The molecule has 0 saturated carbocycles. The minimum atomic E-state index is 0.433. The molecule has 1 aromatic heterocycles. The molecule has 0 aliphatic carbocycles. The van der Waals surface area contributed by atoms with Crippen LogP contribution in [0.1, 0.15) is 64.1 Å². The largest absolute Gasteiger partial charge is 0.340 e. The van der Waals surface area contributed by atoms with E-state index in [1.165, 1.54) is 44.2 Å². The van der Waals surface area contributed by atoms with Crippen molar-refractivity contribution >= 4 is 0 Å². The molecule has 0 amide bonds. The number of aryl methyl sites for hydroxylation is 1. The van der Waals surface area contributed by atoms with Crippen LogP contribution in [0.3, 0.4) is 0 Å². The summed E-state index contributed by atoms with van der Waals surface area (Å²) in [5.74, 6) is 0. The van der Waals surface area contributed by atoms with E-state index in [1.54, 1.807) is 0 Å². The van der Waals surface area contributed by atoms with Crippen LogP contribution in [0.25, 0.3) is 0 Å². The van der Waals surface area contributed by atoms with Gasteiger partial charge in [-0.1, -0.05) is 46.0 Å². The van der Waals surface area contributed by atoms with Crippen LogP contribution < -0.4 is 5.32 Å². The number of hydrogen-bond donors (Lipinski definition) is 1. The summed E-state index contributed by atoms with van der Waals surface area (Å²) < 4.78 is 2.02. The number of imidazole rings is 1. The molecule has 1 atom stereocenters. The maximum absolute atomic E-state index is 4.45. The van der Waals surface area contributed by atoms with Crippen LogP contribution >= 0.6 is 0 Å². The molecule has 17 heavy (non-hydrogen) atoms. The van der Waals surface area contributed by atoms with Crippen LogP contribution in [0.2, 0.25) is 0 Å². The van der Waals surface area contributed by atoms with E-state index in [2.05, 4.69) is 30.3 Å². The number of unbranched alkanes of at least 4 members (excludes halogenated alkanes) is 4. The molecule has 0 fully saturated rings. The Morgan fingerprint density at radius 1 is 1.24 bits per heavy atom. The first-order valence-electron chi connectivity index (χ1n) is 6.99. The Morgan fingerprint density at radius 2 is 2.00 bits per heavy atom. The van der Waals surface area contributed by atoms with E-state index in [0.717, 1.165) is 6.54 Å². The number of nitrogens with one attached hydrogen (secondary N) is 1. The molecule has 1 heterocycles. The molecule has 0 saturated heterocycles. The molecule has 1 rings (SSSR count). The lowest BCUT2D eigenvalue weighted by molar-refractivity contribution is 0.471. The molecule has 0 radical (unpaired) electrons. The summed E-state index contributed by atoms with van der Waals surface area (Å²) in [6, 6.07) is 0.433. The maximum atomic E-state index is 4.45. The van der Waals surface area contributed by atoms with Crippen molar-refractivity contribution in [3.8, 4) is 0 Å². The summed E-state index contributed by atoms with van der Waals surface area (Å²) in [7, 11) is 2.03. The van der Waals surface area contributed by atoms with Gasteiger partial charge in [-0.2, -0.15) is 0 Å². The molecular weight excluding hydrogens is 210 g/mol. The average molecular weight is 237 g/mol. The van der Waals surface area contributed by atoms with E-state index >= 15 is 0 Å². The van der Waals surface area contributed by atoms with Gasteiger partial charge in [0.1, 0.15) is 0 Å². The summed E-state index contributed by atoms with van der Waals surface area (Å²) in [6.07, 6.45) is 11.9. The topological polar surface area (TPSA) is 29.9 Å². The minimum Gasteiger partial charge on any atom is -0.340 e. The van der Waals surface area contributed by atoms with Gasteiger partial charge in [0, 0.05) is 13.2 Å². The lowest BCUT2D eigenvalue weighted by Crippen LogP contribution is -2.21. The fraction of sp³-hybridized carbons (Fsp3) is 0.786. The smallest absolute Gasteiger partial charge is 0.0947 e. The van der Waals surface area contributed by atoms with Gasteiger partial charge in [0.25, 0.3) is 0 Å². The average Bonchev–Trinajstić information content (AvgIpc) is 2.74. The molecule has 98 valence electrons. The second-order valence-corrected chi connectivity index (χ2v) is 4.78. The van der Waals surface area contributed by atoms with Crippen molar-refractivity contribution in [3.05, 3.63) is 18.2 Å². The normalized spacial score (nSPS) is 12.9. The number of hydrogen-bond acceptors (Lipinski definition) is 2. The molecule has 0 aliphatic heterocycles. The van der Waals surface area contributed by atoms with Crippen molar-refractivity contribution in [2.45, 2.75) is 58.4 Å². The third-order valence-electron chi connectivity index (χ3n) is 3.13. The van der Waals surface area contributed by atoms with E-state index in [1.807, 2.05) is 17.9 Å². The summed E-state index contributed by atoms with van der Waals surface area (Å²) in [5.41, 5.74) is 1.19. The molecule has 3 nitrogen and oxygen atoms in total. The first kappa shape index (κ1) is 14.2. The van der Waals surface area contributed by atoms with Gasteiger partial charge in [0.2, 0.25) is 0 Å². The highest BCUT2D eigenvalue weighted by molar-refractivity contribution is 5.03. The standard InChI is InChI=1S/C14H27N3/c1-4-6-7-8-9-10-13(15-5-2)14-11-17(3)12-16-14/h11-13,15H,4-10H2,1-3H3. The predicted molar refractivity (Wildman–Crippen MR) is 73.0 cm³/mol. The highest BCUT2D eigenvalue weighted by Gasteiger charge is 2.11. The number of rotatable bonds is 9. The van der Waals surface area contributed by atoms with Crippen molar-refractivity contribution in [3.63, 3.8) is 0 Å². The van der Waals surface area contributed by atoms with Crippen LogP contribution in [0.15, 0.2) is 12.5 Å². The van der Waals surface area contributed by atoms with E-state index in [0.29, 0.717) is 6.04 Å². The first-order chi connectivity index (χ1) is 8.27. The molecule has 1 unspecified atom stereocenters. The van der Waals surface area contributed by atoms with Crippen LogP contribution in [-0.2, 0) is 7.05 Å². The third-order valence-corrected chi connectivity index (χ3v) is 3.13. The summed E-state index contributed by atoms with van der Waals surface area (Å²) in [4.78, 5) is 4.45. The van der Waals surface area contributed by atoms with Gasteiger partial charge in [-0.3, -0.25) is 0 Å². The van der Waals surface area contributed by atoms with Crippen LogP contribution in [0.5, 0.6) is 0 Å². The van der Waals surface area contributed by atoms with Gasteiger partial charge in [-0.05, 0) is 13.0 Å². The Labute approximate surface area is 106 Å². The lowest BCUT2D eigenvalue weighted by Gasteiger charge is -2.15. The van der Waals surface area contributed by atoms with Crippen molar-refractivity contribution in [1.82, 2.24) is 14.9 Å². The van der Waals surface area contributed by atoms with Gasteiger partial charge < -0.3 is 9.88 Å². The first-order valence-corrected chi connectivity index (χ1v) is 6.99. The molecular formula is C14H27N3. The Balaban J connectivity index is 2.33. The molecule has 0 aromatic carbocycles. The fourth-order valence-electron chi connectivity index (χ4n) is 2.17. The molecule has 3 heteroatoms. The van der Waals surface area contributed by atoms with E-state index in [4.69, 9.17) is 0 Å². The third kappa shape index (κ3) is 5.35. The zero-order chi connectivity index (χ0) is 12.5. The number of aromatic nitrogens is 2. The van der Waals surface area contributed by atoms with Crippen molar-refractivity contribution in [2.75, 3.05) is 6.54 Å². The quantitative estimate of drug-likeness (QED) is 0.667. The second kappa shape index (κ2) is 8.29. The van der Waals surface area contributed by atoms with E-state index in [9.17, 15) is 0 Å². The minimum absolute atomic E-state index is 0.433. The highest BCUT2D eigenvalue weighted by atomic mass is 15.0. The molecule has 1 N–H and O–H groups in total. The zero-order valence-corrected chi connectivity index (χ0v) is 11.6. The van der Waals surface area contributed by atoms with Gasteiger partial charge >= 0.3 is 0 Å². The van der Waals surface area contributed by atoms with Gasteiger partial charge in [-0.15, -0.1) is 0 Å². The molecule has 1 aromatic rings. The van der Waals surface area contributed by atoms with Crippen LogP contribution in [-0.4, -0.2) is 16.1 Å². The SMILES string of the molecule is CCCCCCCC(NCC)c1cn(C)cn1. The Kier molecular flexibility index (Phi) is 6.94. The second-order valence-electron chi connectivity index (χ2n) is 4.78. The van der Waals surface area contributed by atoms with Crippen molar-refractivity contribution < 1.29 is 0 Å². The van der Waals surface area contributed by atoms with Gasteiger partial charge in [0.15, 0.2) is 0 Å². The fourth-order valence-corrected chi connectivity index (χ4v) is 2.17. The Morgan fingerprint density at radius 3 is 2.59 bits per heavy atom. The van der Waals surface area contributed by atoms with Crippen LogP contribution in [0, 0.1) is 0 Å². The summed E-state index contributed by atoms with van der Waals surface area (Å²) in [6.45, 7) is 5.43. The zero-order valence-electron chi connectivity index (χ0n) is 11.6. The molecule has 0 aliphatic rings. The highest BCUT2D eigenvalue weighted by Crippen LogP contribution is 2.18. The summed E-state index contributed by atoms with van der Waals surface area (Å²) in [5, 5.41) is 3.53. The van der Waals surface area contributed by atoms with Gasteiger partial charge in [-0.25, -0.2) is 4.98 Å². The Bertz CT molecular complexity index is 293. The van der Waals surface area contributed by atoms with Crippen LogP contribution in [0.4, 0.5) is 0 Å². The molecule has 0 bridgehead atoms.